The Morgan fingerprint density at radius 1 is 1.40 bits per heavy atom. The molecular formula is C18H16N2O5. The Morgan fingerprint density at radius 3 is 2.84 bits per heavy atom. The Bertz CT molecular complexity index is 968. The molecule has 1 aliphatic rings. The first kappa shape index (κ1) is 16.5. The lowest BCUT2D eigenvalue weighted by atomic mass is 9.84. The van der Waals surface area contributed by atoms with E-state index >= 15 is 0 Å². The lowest BCUT2D eigenvalue weighted by Gasteiger charge is -2.25. The highest BCUT2D eigenvalue weighted by Crippen LogP contribution is 2.42. The summed E-state index contributed by atoms with van der Waals surface area (Å²) in [7, 11) is 0. The number of nitrogens with two attached hydrogens (primary N) is 1. The maximum atomic E-state index is 12.4. The number of hydrogen-bond donors (Lipinski definition) is 2. The fourth-order valence-electron chi connectivity index (χ4n) is 2.83. The summed E-state index contributed by atoms with van der Waals surface area (Å²) in [6.07, 6.45) is 0. The van der Waals surface area contributed by atoms with Crippen LogP contribution in [0.3, 0.4) is 0 Å². The van der Waals surface area contributed by atoms with Gasteiger partial charge in [-0.15, -0.1) is 0 Å². The molecule has 1 aromatic carbocycles. The number of fused-ring (bicyclic) bond motifs is 1. The summed E-state index contributed by atoms with van der Waals surface area (Å²) in [5.74, 6) is -0.0103. The molecule has 1 aromatic heterocycles. The standard InChI is InChI=1S/C18H16N2O5/c1-3-23-13-7-10(4-5-12(13)21)15-11(8-19)17(20)25-14-6-9(2)24-18(22)16(14)15/h4-7,15,21H,3,20H2,1-2H3/t15-/m0/s1. The minimum atomic E-state index is -0.773. The lowest BCUT2D eigenvalue weighted by molar-refractivity contribution is 0.317. The highest BCUT2D eigenvalue weighted by Gasteiger charge is 2.34. The molecule has 0 saturated heterocycles. The Balaban J connectivity index is 2.26. The van der Waals surface area contributed by atoms with Gasteiger partial charge in [-0.05, 0) is 31.5 Å². The Morgan fingerprint density at radius 2 is 2.16 bits per heavy atom. The zero-order valence-corrected chi connectivity index (χ0v) is 13.7. The van der Waals surface area contributed by atoms with E-state index in [0.29, 0.717) is 17.9 Å². The fraction of sp³-hybridized carbons (Fsp3) is 0.222. The van der Waals surface area contributed by atoms with Crippen LogP contribution in [0.1, 0.15) is 29.7 Å². The summed E-state index contributed by atoms with van der Waals surface area (Å²) in [4.78, 5) is 12.4. The molecule has 7 heteroatoms. The van der Waals surface area contributed by atoms with Crippen molar-refractivity contribution >= 4 is 0 Å². The van der Waals surface area contributed by atoms with Crippen molar-refractivity contribution < 1.29 is 19.0 Å². The zero-order chi connectivity index (χ0) is 18.1. The number of rotatable bonds is 3. The number of phenolic OH excluding ortho intramolecular Hbond substituents is 1. The van der Waals surface area contributed by atoms with Gasteiger partial charge in [-0.1, -0.05) is 6.07 Å². The first-order valence-electron chi connectivity index (χ1n) is 7.64. The van der Waals surface area contributed by atoms with Gasteiger partial charge in [0.15, 0.2) is 11.5 Å². The summed E-state index contributed by atoms with van der Waals surface area (Å²) in [6, 6.07) is 8.16. The second-order valence-electron chi connectivity index (χ2n) is 5.51. The van der Waals surface area contributed by atoms with Gasteiger partial charge in [0.05, 0.1) is 18.1 Å². The van der Waals surface area contributed by atoms with Crippen LogP contribution in [-0.2, 0) is 0 Å². The van der Waals surface area contributed by atoms with Crippen LogP contribution in [0.25, 0.3) is 0 Å². The lowest BCUT2D eigenvalue weighted by Crippen LogP contribution is -2.26. The van der Waals surface area contributed by atoms with Gasteiger partial charge in [0, 0.05) is 6.07 Å². The summed E-state index contributed by atoms with van der Waals surface area (Å²) >= 11 is 0. The van der Waals surface area contributed by atoms with Gasteiger partial charge < -0.3 is 24.7 Å². The second-order valence-corrected chi connectivity index (χ2v) is 5.51. The highest BCUT2D eigenvalue weighted by atomic mass is 16.5. The van der Waals surface area contributed by atoms with E-state index in [-0.39, 0.29) is 34.3 Å². The van der Waals surface area contributed by atoms with Crippen molar-refractivity contribution in [2.24, 2.45) is 5.73 Å². The van der Waals surface area contributed by atoms with Crippen LogP contribution in [-0.4, -0.2) is 11.7 Å². The highest BCUT2D eigenvalue weighted by molar-refractivity contribution is 5.56. The van der Waals surface area contributed by atoms with Crippen LogP contribution in [0, 0.1) is 18.3 Å². The summed E-state index contributed by atoms with van der Waals surface area (Å²) in [5, 5.41) is 19.4. The van der Waals surface area contributed by atoms with Crippen molar-refractivity contribution in [3.63, 3.8) is 0 Å². The van der Waals surface area contributed by atoms with Gasteiger partial charge in [0.2, 0.25) is 5.88 Å². The van der Waals surface area contributed by atoms with Gasteiger partial charge in [-0.25, -0.2) is 4.79 Å². The van der Waals surface area contributed by atoms with Crippen molar-refractivity contribution in [1.82, 2.24) is 0 Å². The summed E-state index contributed by atoms with van der Waals surface area (Å²) < 4.78 is 16.0. The predicted octanol–water partition coefficient (Wildman–Crippen LogP) is 2.27. The quantitative estimate of drug-likeness (QED) is 0.879. The number of aryl methyl sites for hydroxylation is 1. The predicted molar refractivity (Wildman–Crippen MR) is 88.3 cm³/mol. The summed E-state index contributed by atoms with van der Waals surface area (Å²) in [5.41, 5.74) is 6.11. The van der Waals surface area contributed by atoms with Gasteiger partial charge in [0.1, 0.15) is 23.2 Å². The summed E-state index contributed by atoms with van der Waals surface area (Å²) in [6.45, 7) is 3.76. The van der Waals surface area contributed by atoms with Crippen molar-refractivity contribution in [3.05, 3.63) is 63.0 Å². The number of nitriles is 1. The molecule has 0 spiro atoms. The maximum Gasteiger partial charge on any atom is 0.343 e. The van der Waals surface area contributed by atoms with Crippen LogP contribution >= 0.6 is 0 Å². The smallest absolute Gasteiger partial charge is 0.343 e. The molecular weight excluding hydrogens is 324 g/mol. The molecule has 1 atom stereocenters. The third-order valence-corrected chi connectivity index (χ3v) is 3.87. The molecule has 0 radical (unpaired) electrons. The van der Waals surface area contributed by atoms with Crippen molar-refractivity contribution in [2.45, 2.75) is 19.8 Å². The Hall–Kier alpha value is -3.40. The van der Waals surface area contributed by atoms with E-state index in [1.165, 1.54) is 6.07 Å². The third-order valence-electron chi connectivity index (χ3n) is 3.87. The third kappa shape index (κ3) is 2.78. The van der Waals surface area contributed by atoms with E-state index in [0.717, 1.165) is 0 Å². The van der Waals surface area contributed by atoms with Gasteiger partial charge in [-0.2, -0.15) is 5.26 Å². The van der Waals surface area contributed by atoms with E-state index < -0.39 is 11.5 Å². The molecule has 25 heavy (non-hydrogen) atoms. The number of benzene rings is 1. The van der Waals surface area contributed by atoms with E-state index in [1.54, 1.807) is 32.0 Å². The van der Waals surface area contributed by atoms with E-state index in [9.17, 15) is 15.2 Å². The molecule has 2 heterocycles. The minimum absolute atomic E-state index is 0.0377. The molecule has 2 aromatic rings. The van der Waals surface area contributed by atoms with Gasteiger partial charge >= 0.3 is 5.63 Å². The van der Waals surface area contributed by atoms with Gasteiger partial charge in [-0.3, -0.25) is 0 Å². The Labute approximate surface area is 143 Å². The molecule has 0 amide bonds. The molecule has 3 rings (SSSR count). The second kappa shape index (κ2) is 6.24. The van der Waals surface area contributed by atoms with Crippen molar-refractivity contribution in [2.75, 3.05) is 6.61 Å². The SMILES string of the molecule is CCOc1cc([C@H]2C(C#N)=C(N)Oc3cc(C)oc(=O)c32)ccc1O. The Kier molecular flexibility index (Phi) is 4.11. The average molecular weight is 340 g/mol. The number of hydrogen-bond acceptors (Lipinski definition) is 7. The van der Waals surface area contributed by atoms with Crippen LogP contribution in [0.5, 0.6) is 17.2 Å². The van der Waals surface area contributed by atoms with Crippen LogP contribution in [0.15, 0.2) is 44.9 Å². The molecule has 0 unspecified atom stereocenters. The number of ether oxygens (including phenoxy) is 2. The zero-order valence-electron chi connectivity index (χ0n) is 13.7. The first-order valence-corrected chi connectivity index (χ1v) is 7.64. The molecule has 0 saturated carbocycles. The number of nitrogens with zero attached hydrogens (tertiary/aromatic N) is 1. The normalized spacial score (nSPS) is 16.0. The fourth-order valence-corrected chi connectivity index (χ4v) is 2.83. The molecule has 0 aliphatic carbocycles. The molecule has 0 bridgehead atoms. The molecule has 128 valence electrons. The minimum Gasteiger partial charge on any atom is -0.504 e. The van der Waals surface area contributed by atoms with Crippen LogP contribution in [0.4, 0.5) is 0 Å². The van der Waals surface area contributed by atoms with E-state index in [4.69, 9.17) is 19.6 Å². The molecule has 1 aliphatic heterocycles. The number of phenols is 1. The number of aromatic hydroxyl groups is 1. The first-order chi connectivity index (χ1) is 12.0. The monoisotopic (exact) mass is 340 g/mol. The van der Waals surface area contributed by atoms with Crippen molar-refractivity contribution in [3.8, 4) is 23.3 Å². The van der Waals surface area contributed by atoms with E-state index in [2.05, 4.69) is 0 Å². The van der Waals surface area contributed by atoms with Crippen molar-refractivity contribution in [1.29, 1.82) is 5.26 Å². The van der Waals surface area contributed by atoms with Crippen LogP contribution < -0.4 is 20.8 Å². The molecule has 3 N–H and O–H groups in total. The molecule has 0 fully saturated rings. The van der Waals surface area contributed by atoms with Crippen LogP contribution in [0.2, 0.25) is 0 Å². The largest absolute Gasteiger partial charge is 0.504 e. The average Bonchev–Trinajstić information content (AvgIpc) is 2.55. The van der Waals surface area contributed by atoms with Gasteiger partial charge in [0.25, 0.3) is 0 Å². The van der Waals surface area contributed by atoms with E-state index in [1.807, 2.05) is 6.07 Å². The topological polar surface area (TPSA) is 119 Å². The number of allylic oxidation sites excluding steroid dienone is 1. The molecule has 7 nitrogen and oxygen atoms in total. The maximum absolute atomic E-state index is 12.4.